The molecule has 37 heavy (non-hydrogen) atoms. The lowest BCUT2D eigenvalue weighted by Crippen LogP contribution is -2.55. The van der Waals surface area contributed by atoms with Gasteiger partial charge in [-0.25, -0.2) is 28.9 Å². The van der Waals surface area contributed by atoms with Crippen LogP contribution < -0.4 is 10.6 Å². The molecular formula is C25H27F2N5O5. The van der Waals surface area contributed by atoms with Gasteiger partial charge in [-0.1, -0.05) is 0 Å². The van der Waals surface area contributed by atoms with Gasteiger partial charge in [-0.2, -0.15) is 5.26 Å². The number of carbonyl (C=O) groups excluding carboxylic acids is 2. The number of ether oxygens (including phenoxy) is 3. The number of pyridine rings is 1. The van der Waals surface area contributed by atoms with Gasteiger partial charge in [0.1, 0.15) is 41.5 Å². The van der Waals surface area contributed by atoms with Crippen molar-refractivity contribution in [1.82, 2.24) is 10.3 Å². The molecule has 1 aromatic heterocycles. The van der Waals surface area contributed by atoms with Gasteiger partial charge in [0.15, 0.2) is 6.10 Å². The van der Waals surface area contributed by atoms with Gasteiger partial charge in [0.25, 0.3) is 11.9 Å². The first-order chi connectivity index (χ1) is 17.4. The van der Waals surface area contributed by atoms with Crippen molar-refractivity contribution in [2.24, 2.45) is 4.99 Å². The molecule has 0 bridgehead atoms. The number of rotatable bonds is 5. The topological polar surface area (TPSA) is 135 Å². The largest absolute Gasteiger partial charge is 0.456 e. The summed E-state index contributed by atoms with van der Waals surface area (Å²) in [6.45, 7) is 5.46. The molecule has 2 heterocycles. The minimum absolute atomic E-state index is 0.0382. The van der Waals surface area contributed by atoms with Crippen molar-refractivity contribution in [2.75, 3.05) is 19.1 Å². The number of nitriles is 1. The summed E-state index contributed by atoms with van der Waals surface area (Å²) in [7, 11) is 1.30. The van der Waals surface area contributed by atoms with E-state index in [9.17, 15) is 14.0 Å². The number of amidine groups is 1. The Kier molecular flexibility index (Phi) is 8.08. The number of hydrogen-bond donors (Lipinski definition) is 2. The van der Waals surface area contributed by atoms with E-state index in [1.54, 1.807) is 20.8 Å². The number of carbonyl (C=O) groups is 2. The van der Waals surface area contributed by atoms with E-state index in [4.69, 9.17) is 19.5 Å². The first-order valence-corrected chi connectivity index (χ1v) is 11.2. The van der Waals surface area contributed by atoms with Gasteiger partial charge in [-0.05, 0) is 58.0 Å². The average Bonchev–Trinajstić information content (AvgIpc) is 2.83. The van der Waals surface area contributed by atoms with Gasteiger partial charge in [0, 0.05) is 24.6 Å². The lowest BCUT2D eigenvalue weighted by molar-refractivity contribution is -0.0721. The number of hydrogen-bond acceptors (Lipinski definition) is 8. The van der Waals surface area contributed by atoms with Gasteiger partial charge in [-0.15, -0.1) is 0 Å². The number of alkyl carbamates (subject to hydrolysis) is 1. The van der Waals surface area contributed by atoms with E-state index in [0.717, 1.165) is 6.07 Å². The van der Waals surface area contributed by atoms with Crippen LogP contribution in [0, 0.1) is 17.1 Å². The highest BCUT2D eigenvalue weighted by Crippen LogP contribution is 2.39. The standard InChI is InChI=1S/C25H27F2N5O5/c1-24(2,3)37-23(34)31-22-32-25(4,20(35-5)19(11-26)36-22)16-10-15(7-8-17(16)27)30-21(33)18-9-6-14(12-28)13-29-18/h6-10,13,19-20H,11H2,1-5H3,(H,30,33)(H,31,32,34)/t19-,20+,25-/m1/s1. The van der Waals surface area contributed by atoms with Crippen molar-refractivity contribution in [3.63, 3.8) is 0 Å². The number of halogens is 2. The Hall–Kier alpha value is -4.11. The van der Waals surface area contributed by atoms with E-state index in [1.165, 1.54) is 44.5 Å². The molecule has 1 aliphatic heterocycles. The quantitative estimate of drug-likeness (QED) is 0.618. The zero-order valence-electron chi connectivity index (χ0n) is 21.0. The van der Waals surface area contributed by atoms with Crippen molar-refractivity contribution in [2.45, 2.75) is 51.0 Å². The second-order valence-corrected chi connectivity index (χ2v) is 9.35. The van der Waals surface area contributed by atoms with Crippen molar-refractivity contribution >= 4 is 23.7 Å². The van der Waals surface area contributed by atoms with Crippen molar-refractivity contribution in [3.05, 3.63) is 59.2 Å². The van der Waals surface area contributed by atoms with Crippen molar-refractivity contribution in [3.8, 4) is 6.07 Å². The number of methoxy groups -OCH3 is 1. The third kappa shape index (κ3) is 6.37. The number of aromatic nitrogens is 1. The van der Waals surface area contributed by atoms with E-state index >= 15 is 4.39 Å². The first kappa shape index (κ1) is 27.5. The molecule has 1 aliphatic rings. The van der Waals surface area contributed by atoms with Crippen LogP contribution in [0.3, 0.4) is 0 Å². The van der Waals surface area contributed by atoms with Crippen LogP contribution in [0.4, 0.5) is 19.3 Å². The monoisotopic (exact) mass is 515 g/mol. The van der Waals surface area contributed by atoms with Crippen LogP contribution in [-0.2, 0) is 19.7 Å². The molecule has 0 fully saturated rings. The predicted octanol–water partition coefficient (Wildman–Crippen LogP) is 3.82. The molecule has 3 rings (SSSR count). The van der Waals surface area contributed by atoms with Crippen LogP contribution >= 0.6 is 0 Å². The van der Waals surface area contributed by atoms with Crippen molar-refractivity contribution < 1.29 is 32.6 Å². The molecular weight excluding hydrogens is 488 g/mol. The number of nitrogens with one attached hydrogen (secondary N) is 2. The van der Waals surface area contributed by atoms with Crippen LogP contribution in [0.1, 0.15) is 49.3 Å². The number of amides is 2. The lowest BCUT2D eigenvalue weighted by atomic mass is 9.82. The zero-order valence-corrected chi connectivity index (χ0v) is 21.0. The van der Waals surface area contributed by atoms with Crippen LogP contribution in [0.25, 0.3) is 0 Å². The Labute approximate surface area is 212 Å². The summed E-state index contributed by atoms with van der Waals surface area (Å²) in [5.41, 5.74) is -1.92. The third-order valence-electron chi connectivity index (χ3n) is 5.40. The highest BCUT2D eigenvalue weighted by atomic mass is 19.1. The SMILES string of the molecule is CO[C@H]1[C@@H](CF)OC(NC(=O)OC(C)(C)C)=N[C@]1(C)c1cc(NC(=O)c2ccc(C#N)cn2)ccc1F. The Morgan fingerprint density at radius 3 is 2.54 bits per heavy atom. The second kappa shape index (κ2) is 10.9. The number of aliphatic imine (C=N–C) groups is 1. The molecule has 2 amide bonds. The first-order valence-electron chi connectivity index (χ1n) is 11.2. The van der Waals surface area contributed by atoms with Gasteiger partial charge >= 0.3 is 6.09 Å². The van der Waals surface area contributed by atoms with Crippen LogP contribution in [0.2, 0.25) is 0 Å². The van der Waals surface area contributed by atoms with E-state index in [-0.39, 0.29) is 28.5 Å². The zero-order chi connectivity index (χ0) is 27.4. The van der Waals surface area contributed by atoms with E-state index in [0.29, 0.717) is 0 Å². The van der Waals surface area contributed by atoms with Crippen LogP contribution in [-0.4, -0.2) is 54.6 Å². The highest BCUT2D eigenvalue weighted by molar-refractivity contribution is 6.03. The molecule has 3 atom stereocenters. The summed E-state index contributed by atoms with van der Waals surface area (Å²) in [5.74, 6) is -1.31. The highest BCUT2D eigenvalue weighted by Gasteiger charge is 2.48. The molecule has 196 valence electrons. The molecule has 0 aliphatic carbocycles. The maximum Gasteiger partial charge on any atom is 0.415 e. The fraction of sp³-hybridized carbons (Fsp3) is 0.400. The molecule has 0 unspecified atom stereocenters. The Morgan fingerprint density at radius 1 is 1.24 bits per heavy atom. The average molecular weight is 516 g/mol. The predicted molar refractivity (Wildman–Crippen MR) is 129 cm³/mol. The number of nitrogens with zero attached hydrogens (tertiary/aromatic N) is 3. The minimum atomic E-state index is -1.58. The summed E-state index contributed by atoms with van der Waals surface area (Å²) in [6, 6.07) is 8.14. The summed E-state index contributed by atoms with van der Waals surface area (Å²) in [5, 5.41) is 13.8. The maximum absolute atomic E-state index is 15.2. The summed E-state index contributed by atoms with van der Waals surface area (Å²) >= 11 is 0. The van der Waals surface area contributed by atoms with E-state index < -0.39 is 47.8 Å². The molecule has 0 saturated carbocycles. The van der Waals surface area contributed by atoms with Gasteiger partial charge in [0.05, 0.1) is 5.56 Å². The van der Waals surface area contributed by atoms with E-state index in [1.807, 2.05) is 6.07 Å². The third-order valence-corrected chi connectivity index (χ3v) is 5.40. The van der Waals surface area contributed by atoms with Crippen molar-refractivity contribution in [1.29, 1.82) is 5.26 Å². The van der Waals surface area contributed by atoms with Gasteiger partial charge in [0.2, 0.25) is 0 Å². The second-order valence-electron chi connectivity index (χ2n) is 9.35. The fourth-order valence-corrected chi connectivity index (χ4v) is 3.80. The van der Waals surface area contributed by atoms with Crippen LogP contribution in [0.15, 0.2) is 41.5 Å². The maximum atomic E-state index is 15.2. The van der Waals surface area contributed by atoms with Crippen LogP contribution in [0.5, 0.6) is 0 Å². The number of benzene rings is 1. The minimum Gasteiger partial charge on any atom is -0.456 e. The van der Waals surface area contributed by atoms with Gasteiger partial charge < -0.3 is 19.5 Å². The number of anilines is 1. The molecule has 1 aromatic carbocycles. The molecule has 0 radical (unpaired) electrons. The molecule has 12 heteroatoms. The summed E-state index contributed by atoms with van der Waals surface area (Å²) in [4.78, 5) is 33.2. The number of alkyl halides is 1. The Balaban J connectivity index is 1.97. The summed E-state index contributed by atoms with van der Waals surface area (Å²) < 4.78 is 45.3. The Bertz CT molecular complexity index is 1240. The van der Waals surface area contributed by atoms with E-state index in [2.05, 4.69) is 20.6 Å². The smallest absolute Gasteiger partial charge is 0.415 e. The van der Waals surface area contributed by atoms with Gasteiger partial charge in [-0.3, -0.25) is 4.79 Å². The molecule has 2 N–H and O–H groups in total. The molecule has 0 spiro atoms. The lowest BCUT2D eigenvalue weighted by Gasteiger charge is -2.41. The molecule has 10 nitrogen and oxygen atoms in total. The molecule has 2 aromatic rings. The molecule has 0 saturated heterocycles. The Morgan fingerprint density at radius 2 is 1.97 bits per heavy atom. The summed E-state index contributed by atoms with van der Waals surface area (Å²) in [6.07, 6.45) is -1.97. The fourth-order valence-electron chi connectivity index (χ4n) is 3.80. The normalized spacial score (nSPS) is 21.2.